The molecule has 33 heavy (non-hydrogen) atoms. The fraction of sp³-hybridized carbons (Fsp3) is 0.774. The van der Waals surface area contributed by atoms with Crippen molar-refractivity contribution in [1.29, 1.82) is 0 Å². The minimum absolute atomic E-state index is 0.237. The molecule has 8 aliphatic carbocycles. The molecule has 1 aromatic carbocycles. The maximum atomic E-state index is 11.5. The highest BCUT2D eigenvalue weighted by Gasteiger charge is 2.74. The molecule has 9 rings (SSSR count). The minimum Gasteiger partial charge on any atom is -0.478 e. The second kappa shape index (κ2) is 5.73. The maximum Gasteiger partial charge on any atom is 0.335 e. The molecule has 0 aliphatic heterocycles. The topological polar surface area (TPSA) is 37.3 Å². The molecule has 2 nitrogen and oxygen atoms in total. The number of aromatic carboxylic acids is 1. The van der Waals surface area contributed by atoms with E-state index < -0.39 is 5.97 Å². The van der Waals surface area contributed by atoms with Gasteiger partial charge in [0.1, 0.15) is 0 Å². The van der Waals surface area contributed by atoms with E-state index in [-0.39, 0.29) is 5.41 Å². The minimum atomic E-state index is -0.808. The van der Waals surface area contributed by atoms with E-state index in [4.69, 9.17) is 0 Å². The van der Waals surface area contributed by atoms with Crippen LogP contribution in [0.1, 0.15) is 121 Å². The summed E-state index contributed by atoms with van der Waals surface area (Å²) < 4.78 is 0. The van der Waals surface area contributed by atoms with E-state index in [2.05, 4.69) is 39.8 Å². The van der Waals surface area contributed by atoms with Crippen LogP contribution in [0, 0.1) is 38.4 Å². The fourth-order valence-corrected chi connectivity index (χ4v) is 13.6. The third-order valence-electron chi connectivity index (χ3n) is 12.1. The Balaban J connectivity index is 1.37. The number of rotatable bonds is 3. The van der Waals surface area contributed by atoms with Gasteiger partial charge in [-0.3, -0.25) is 0 Å². The molecule has 0 heterocycles. The number of carbonyl (C=O) groups is 1. The van der Waals surface area contributed by atoms with Gasteiger partial charge in [-0.2, -0.15) is 0 Å². The van der Waals surface area contributed by atoms with Crippen molar-refractivity contribution in [2.24, 2.45) is 38.4 Å². The third kappa shape index (κ3) is 2.70. The first kappa shape index (κ1) is 21.0. The van der Waals surface area contributed by atoms with Gasteiger partial charge < -0.3 is 5.11 Å². The monoisotopic (exact) mass is 446 g/mol. The molecule has 0 amide bonds. The van der Waals surface area contributed by atoms with Crippen LogP contribution in [0.25, 0.3) is 0 Å². The highest BCUT2D eigenvalue weighted by Crippen LogP contribution is 2.83. The molecular weight excluding hydrogens is 404 g/mol. The van der Waals surface area contributed by atoms with Crippen LogP contribution in [0.2, 0.25) is 0 Å². The van der Waals surface area contributed by atoms with E-state index in [1.165, 1.54) is 82.6 Å². The van der Waals surface area contributed by atoms with E-state index >= 15 is 0 Å². The average molecular weight is 447 g/mol. The molecule has 8 saturated carbocycles. The van der Waals surface area contributed by atoms with E-state index in [0.717, 1.165) is 5.92 Å². The van der Waals surface area contributed by atoms with Gasteiger partial charge in [0.05, 0.1) is 5.56 Å². The van der Waals surface area contributed by atoms with Crippen molar-refractivity contribution < 1.29 is 9.90 Å². The number of hydrogen-bond donors (Lipinski definition) is 1. The van der Waals surface area contributed by atoms with Crippen LogP contribution in [0.4, 0.5) is 0 Å². The second-order valence-electron chi connectivity index (χ2n) is 16.0. The molecule has 1 aromatic rings. The SMILES string of the molecule is CC12CC3CC(C)(C1)CC(C14CC5(C)CC(C)(CC(c6ccc(C(=O)O)cc6)(C5)C1)C4)(C3)C2. The highest BCUT2D eigenvalue weighted by atomic mass is 16.4. The zero-order valence-electron chi connectivity index (χ0n) is 21.2. The quantitative estimate of drug-likeness (QED) is 0.511. The van der Waals surface area contributed by atoms with Crippen LogP contribution in [-0.4, -0.2) is 11.1 Å². The number of benzene rings is 1. The van der Waals surface area contributed by atoms with Gasteiger partial charge in [0.15, 0.2) is 0 Å². The summed E-state index contributed by atoms with van der Waals surface area (Å²) in [7, 11) is 0. The lowest BCUT2D eigenvalue weighted by molar-refractivity contribution is -0.270. The van der Waals surface area contributed by atoms with Gasteiger partial charge in [0.25, 0.3) is 0 Å². The van der Waals surface area contributed by atoms with Crippen molar-refractivity contribution >= 4 is 5.97 Å². The molecule has 0 spiro atoms. The molecule has 0 saturated heterocycles. The van der Waals surface area contributed by atoms with Crippen LogP contribution >= 0.6 is 0 Å². The molecule has 0 radical (unpaired) electrons. The largest absolute Gasteiger partial charge is 0.478 e. The molecule has 0 aromatic heterocycles. The van der Waals surface area contributed by atoms with Gasteiger partial charge >= 0.3 is 5.97 Å². The van der Waals surface area contributed by atoms with Gasteiger partial charge in [-0.1, -0.05) is 39.8 Å². The van der Waals surface area contributed by atoms with Crippen molar-refractivity contribution in [1.82, 2.24) is 0 Å². The Labute approximate surface area is 199 Å². The van der Waals surface area contributed by atoms with E-state index in [0.29, 0.717) is 38.1 Å². The summed E-state index contributed by atoms with van der Waals surface area (Å²) in [5, 5.41) is 9.48. The first-order valence-corrected chi connectivity index (χ1v) is 13.6. The number of carboxylic acids is 1. The molecule has 4 unspecified atom stereocenters. The van der Waals surface area contributed by atoms with Crippen molar-refractivity contribution in [3.63, 3.8) is 0 Å². The summed E-state index contributed by atoms with van der Waals surface area (Å²) in [5.74, 6) is 0.146. The summed E-state index contributed by atoms with van der Waals surface area (Å²) >= 11 is 0. The summed E-state index contributed by atoms with van der Waals surface area (Å²) in [5.41, 5.74) is 5.10. The van der Waals surface area contributed by atoms with Gasteiger partial charge in [-0.25, -0.2) is 4.79 Å². The van der Waals surface area contributed by atoms with Crippen LogP contribution in [0.3, 0.4) is 0 Å². The normalized spacial score (nSPS) is 55.8. The summed E-state index contributed by atoms with van der Waals surface area (Å²) in [6.45, 7) is 10.5. The molecule has 8 bridgehead atoms. The molecule has 178 valence electrons. The van der Waals surface area contributed by atoms with Crippen LogP contribution < -0.4 is 0 Å². The lowest BCUT2D eigenvalue weighted by Gasteiger charge is -2.78. The summed E-state index contributed by atoms with van der Waals surface area (Å²) in [6.07, 6.45) is 17.1. The zero-order valence-corrected chi connectivity index (χ0v) is 21.2. The lowest BCUT2D eigenvalue weighted by Crippen LogP contribution is -2.69. The van der Waals surface area contributed by atoms with Gasteiger partial charge in [-0.05, 0) is 139 Å². The van der Waals surface area contributed by atoms with Gasteiger partial charge in [-0.15, -0.1) is 0 Å². The van der Waals surface area contributed by atoms with E-state index in [1.807, 2.05) is 12.1 Å². The second-order valence-corrected chi connectivity index (χ2v) is 16.0. The average Bonchev–Trinajstić information content (AvgIpc) is 2.62. The third-order valence-corrected chi connectivity index (χ3v) is 12.1. The molecule has 8 aliphatic rings. The predicted molar refractivity (Wildman–Crippen MR) is 131 cm³/mol. The molecule has 1 N–H and O–H groups in total. The molecule has 4 atom stereocenters. The molecular formula is C31H42O2. The Kier molecular flexibility index (Phi) is 3.65. The summed E-state index contributed by atoms with van der Waals surface area (Å²) in [4.78, 5) is 11.5. The fourth-order valence-electron chi connectivity index (χ4n) is 13.6. The lowest BCUT2D eigenvalue weighted by atomic mass is 9.26. The molecule has 2 heteroatoms. The van der Waals surface area contributed by atoms with Crippen LogP contribution in [0.15, 0.2) is 24.3 Å². The molecule has 8 fully saturated rings. The number of carboxylic acid groups (broad SMARTS) is 1. The van der Waals surface area contributed by atoms with E-state index in [1.54, 1.807) is 0 Å². The zero-order chi connectivity index (χ0) is 23.1. The number of hydrogen-bond acceptors (Lipinski definition) is 1. The first-order valence-electron chi connectivity index (χ1n) is 13.6. The van der Waals surface area contributed by atoms with Gasteiger partial charge in [0.2, 0.25) is 0 Å². The predicted octanol–water partition coefficient (Wildman–Crippen LogP) is 8.00. The van der Waals surface area contributed by atoms with Gasteiger partial charge in [0, 0.05) is 0 Å². The Morgan fingerprint density at radius 2 is 1.18 bits per heavy atom. The smallest absolute Gasteiger partial charge is 0.335 e. The summed E-state index contributed by atoms with van der Waals surface area (Å²) in [6, 6.07) is 8.14. The van der Waals surface area contributed by atoms with Crippen molar-refractivity contribution in [2.75, 3.05) is 0 Å². The Morgan fingerprint density at radius 1 is 0.667 bits per heavy atom. The van der Waals surface area contributed by atoms with Crippen LogP contribution in [0.5, 0.6) is 0 Å². The van der Waals surface area contributed by atoms with Crippen molar-refractivity contribution in [3.05, 3.63) is 35.4 Å². The Bertz CT molecular complexity index is 1010. The maximum absolute atomic E-state index is 11.5. The Hall–Kier alpha value is -1.31. The van der Waals surface area contributed by atoms with Crippen molar-refractivity contribution in [2.45, 2.75) is 110 Å². The van der Waals surface area contributed by atoms with Crippen molar-refractivity contribution in [3.8, 4) is 0 Å². The van der Waals surface area contributed by atoms with Crippen LogP contribution in [-0.2, 0) is 5.41 Å². The van der Waals surface area contributed by atoms with E-state index in [9.17, 15) is 9.90 Å². The first-order chi connectivity index (χ1) is 15.3. The standard InChI is InChI=1S/C31H42O2/c1-25-9-21-10-26(2,12-25)17-30(11-21,16-25)31-18-27(3)13-28(4,19-31)15-29(14-27,20-31)23-7-5-22(6-8-23)24(32)33/h5-8,21H,9-20H2,1-4H3,(H,32,33). The highest BCUT2D eigenvalue weighted by molar-refractivity contribution is 5.87. The Morgan fingerprint density at radius 3 is 1.70 bits per heavy atom.